The molecule has 2 atom stereocenters. The first-order valence-corrected chi connectivity index (χ1v) is 4.66. The molecule has 3 aliphatic rings. The summed E-state index contributed by atoms with van der Waals surface area (Å²) >= 11 is 0. The predicted octanol–water partition coefficient (Wildman–Crippen LogP) is 1.96. The highest BCUT2D eigenvalue weighted by Gasteiger charge is 2.56. The molecule has 0 aromatic rings. The molecule has 11 heavy (non-hydrogen) atoms. The van der Waals surface area contributed by atoms with Crippen LogP contribution >= 0.6 is 12.4 Å². The van der Waals surface area contributed by atoms with Gasteiger partial charge < -0.3 is 5.32 Å². The van der Waals surface area contributed by atoms with Gasteiger partial charge in [0.25, 0.3) is 0 Å². The van der Waals surface area contributed by atoms with Crippen molar-refractivity contribution in [3.05, 3.63) is 0 Å². The minimum atomic E-state index is 0. The van der Waals surface area contributed by atoms with Crippen LogP contribution in [0.5, 0.6) is 0 Å². The lowest BCUT2D eigenvalue weighted by atomic mass is 9.92. The highest BCUT2D eigenvalue weighted by molar-refractivity contribution is 5.85. The molecule has 0 bridgehead atoms. The Kier molecular flexibility index (Phi) is 1.69. The Labute approximate surface area is 74.3 Å². The third kappa shape index (κ3) is 0.940. The van der Waals surface area contributed by atoms with Gasteiger partial charge >= 0.3 is 0 Å². The van der Waals surface area contributed by atoms with Crippen LogP contribution in [0.25, 0.3) is 0 Å². The minimum Gasteiger partial charge on any atom is -0.311 e. The van der Waals surface area contributed by atoms with Crippen molar-refractivity contribution in [1.29, 1.82) is 0 Å². The maximum Gasteiger partial charge on any atom is 0.0214 e. The number of hydrogen-bond donors (Lipinski definition) is 1. The van der Waals surface area contributed by atoms with Crippen LogP contribution in [-0.4, -0.2) is 12.1 Å². The van der Waals surface area contributed by atoms with Gasteiger partial charge in [-0.05, 0) is 44.1 Å². The Morgan fingerprint density at radius 3 is 2.73 bits per heavy atom. The Balaban J connectivity index is 0.000000480. The Bertz CT molecular complexity index is 165. The van der Waals surface area contributed by atoms with E-state index in [-0.39, 0.29) is 12.4 Å². The van der Waals surface area contributed by atoms with Crippen molar-refractivity contribution in [2.75, 3.05) is 6.54 Å². The minimum absolute atomic E-state index is 0. The first-order chi connectivity index (χ1) is 4.91. The number of hydrogen-bond acceptors (Lipinski definition) is 1. The van der Waals surface area contributed by atoms with Crippen molar-refractivity contribution in [1.82, 2.24) is 5.32 Å². The molecule has 2 saturated carbocycles. The van der Waals surface area contributed by atoms with Crippen LogP contribution in [0.4, 0.5) is 0 Å². The summed E-state index contributed by atoms with van der Waals surface area (Å²) < 4.78 is 0. The fourth-order valence-electron chi connectivity index (χ4n) is 3.16. The SMILES string of the molecule is C1C[C@H]2CNC3(CC3)[C@H]2C1.Cl. The molecule has 0 aromatic carbocycles. The molecule has 2 heteroatoms. The van der Waals surface area contributed by atoms with Crippen molar-refractivity contribution < 1.29 is 0 Å². The molecule has 1 N–H and O–H groups in total. The van der Waals surface area contributed by atoms with E-state index in [1.165, 1.54) is 38.6 Å². The number of halogens is 1. The van der Waals surface area contributed by atoms with Gasteiger partial charge in [0, 0.05) is 5.54 Å². The second-order valence-electron chi connectivity index (χ2n) is 4.33. The van der Waals surface area contributed by atoms with Crippen LogP contribution in [0, 0.1) is 11.8 Å². The smallest absolute Gasteiger partial charge is 0.0214 e. The molecule has 64 valence electrons. The molecular weight excluding hydrogens is 158 g/mol. The fraction of sp³-hybridized carbons (Fsp3) is 1.00. The number of nitrogens with one attached hydrogen (secondary N) is 1. The first-order valence-electron chi connectivity index (χ1n) is 4.66. The van der Waals surface area contributed by atoms with E-state index < -0.39 is 0 Å². The normalized spacial score (nSPS) is 43.6. The molecule has 0 unspecified atom stereocenters. The van der Waals surface area contributed by atoms with Crippen molar-refractivity contribution in [3.63, 3.8) is 0 Å². The monoisotopic (exact) mass is 173 g/mol. The molecule has 1 saturated heterocycles. The summed E-state index contributed by atoms with van der Waals surface area (Å²) in [5.74, 6) is 2.16. The zero-order valence-corrected chi connectivity index (χ0v) is 7.62. The Hall–Kier alpha value is 0.250. The van der Waals surface area contributed by atoms with E-state index in [0.29, 0.717) is 5.54 Å². The largest absolute Gasteiger partial charge is 0.311 e. The quantitative estimate of drug-likeness (QED) is 0.591. The standard InChI is InChI=1S/C9H15N.ClH/c1-2-7-6-10-9(4-5-9)8(7)3-1;/h7-8,10H,1-6H2;1H/t7-,8-;/m0./s1. The van der Waals surface area contributed by atoms with Gasteiger partial charge in [0.1, 0.15) is 0 Å². The second kappa shape index (κ2) is 2.37. The summed E-state index contributed by atoms with van der Waals surface area (Å²) in [6.45, 7) is 1.34. The first kappa shape index (κ1) is 7.88. The highest BCUT2D eigenvalue weighted by atomic mass is 35.5. The van der Waals surface area contributed by atoms with E-state index in [4.69, 9.17) is 0 Å². The Morgan fingerprint density at radius 2 is 2.00 bits per heavy atom. The van der Waals surface area contributed by atoms with E-state index in [2.05, 4.69) is 5.32 Å². The molecule has 1 spiro atoms. The lowest BCUT2D eigenvalue weighted by Gasteiger charge is -2.15. The lowest BCUT2D eigenvalue weighted by Crippen LogP contribution is -2.28. The molecule has 3 rings (SSSR count). The predicted molar refractivity (Wildman–Crippen MR) is 48.0 cm³/mol. The van der Waals surface area contributed by atoms with Crippen LogP contribution in [0.2, 0.25) is 0 Å². The lowest BCUT2D eigenvalue weighted by molar-refractivity contribution is 0.396. The zero-order chi connectivity index (χ0) is 6.60. The summed E-state index contributed by atoms with van der Waals surface area (Å²) in [5.41, 5.74) is 0.696. The van der Waals surface area contributed by atoms with E-state index in [1.807, 2.05) is 0 Å². The molecule has 0 aromatic heterocycles. The summed E-state index contributed by atoms with van der Waals surface area (Å²) in [5, 5.41) is 3.71. The summed E-state index contributed by atoms with van der Waals surface area (Å²) in [7, 11) is 0. The molecular formula is C9H16ClN. The van der Waals surface area contributed by atoms with Crippen molar-refractivity contribution >= 4 is 12.4 Å². The molecule has 1 heterocycles. The van der Waals surface area contributed by atoms with Gasteiger partial charge in [-0.15, -0.1) is 12.4 Å². The summed E-state index contributed by atoms with van der Waals surface area (Å²) in [4.78, 5) is 0. The van der Waals surface area contributed by atoms with Gasteiger partial charge in [-0.3, -0.25) is 0 Å². The van der Waals surface area contributed by atoms with Gasteiger partial charge in [0.05, 0.1) is 0 Å². The Morgan fingerprint density at radius 1 is 1.18 bits per heavy atom. The van der Waals surface area contributed by atoms with Crippen LogP contribution in [0.1, 0.15) is 32.1 Å². The van der Waals surface area contributed by atoms with Crippen LogP contribution in [0.3, 0.4) is 0 Å². The van der Waals surface area contributed by atoms with E-state index in [0.717, 1.165) is 11.8 Å². The van der Waals surface area contributed by atoms with Crippen LogP contribution in [0.15, 0.2) is 0 Å². The maximum absolute atomic E-state index is 3.71. The van der Waals surface area contributed by atoms with Gasteiger partial charge in [-0.2, -0.15) is 0 Å². The van der Waals surface area contributed by atoms with Gasteiger partial charge in [-0.25, -0.2) is 0 Å². The summed E-state index contributed by atoms with van der Waals surface area (Å²) in [6.07, 6.45) is 7.51. The molecule has 1 nitrogen and oxygen atoms in total. The second-order valence-corrected chi connectivity index (χ2v) is 4.33. The van der Waals surface area contributed by atoms with E-state index >= 15 is 0 Å². The number of fused-ring (bicyclic) bond motifs is 2. The van der Waals surface area contributed by atoms with Gasteiger partial charge in [-0.1, -0.05) is 6.42 Å². The molecule has 3 fully saturated rings. The average molecular weight is 174 g/mol. The van der Waals surface area contributed by atoms with Gasteiger partial charge in [0.15, 0.2) is 0 Å². The zero-order valence-electron chi connectivity index (χ0n) is 6.81. The third-order valence-electron chi connectivity index (χ3n) is 3.87. The third-order valence-corrected chi connectivity index (χ3v) is 3.87. The van der Waals surface area contributed by atoms with Crippen molar-refractivity contribution in [2.24, 2.45) is 11.8 Å². The molecule has 0 radical (unpaired) electrons. The fourth-order valence-corrected chi connectivity index (χ4v) is 3.16. The molecule has 1 aliphatic heterocycles. The van der Waals surface area contributed by atoms with Crippen LogP contribution < -0.4 is 5.32 Å². The van der Waals surface area contributed by atoms with Gasteiger partial charge in [0.2, 0.25) is 0 Å². The topological polar surface area (TPSA) is 12.0 Å². The van der Waals surface area contributed by atoms with E-state index in [1.54, 1.807) is 0 Å². The van der Waals surface area contributed by atoms with Crippen LogP contribution in [-0.2, 0) is 0 Å². The van der Waals surface area contributed by atoms with Crippen molar-refractivity contribution in [3.8, 4) is 0 Å². The molecule has 0 amide bonds. The van der Waals surface area contributed by atoms with Crippen molar-refractivity contribution in [2.45, 2.75) is 37.6 Å². The average Bonchev–Trinajstić information content (AvgIpc) is 2.40. The summed E-state index contributed by atoms with van der Waals surface area (Å²) in [6, 6.07) is 0. The highest BCUT2D eigenvalue weighted by Crippen LogP contribution is 2.55. The van der Waals surface area contributed by atoms with E-state index in [9.17, 15) is 0 Å². The maximum atomic E-state index is 3.71. The number of rotatable bonds is 0. The molecule has 2 aliphatic carbocycles.